The predicted molar refractivity (Wildman–Crippen MR) is 81.2 cm³/mol. The Hall–Kier alpha value is -1.12. The van der Waals surface area contributed by atoms with E-state index in [1.54, 1.807) is 0 Å². The van der Waals surface area contributed by atoms with Gasteiger partial charge in [0.15, 0.2) is 0 Å². The fourth-order valence-corrected chi connectivity index (χ4v) is 2.80. The zero-order valence-corrected chi connectivity index (χ0v) is 12.2. The van der Waals surface area contributed by atoms with Gasteiger partial charge in [-0.15, -0.1) is 11.3 Å². The van der Waals surface area contributed by atoms with Crippen molar-refractivity contribution >= 4 is 11.3 Å². The molecule has 1 aromatic heterocycles. The highest BCUT2D eigenvalue weighted by atomic mass is 32.1. The Morgan fingerprint density at radius 2 is 2.00 bits per heavy atom. The maximum Gasteiger partial charge on any atom is 0.0211 e. The third-order valence-corrected chi connectivity index (χ3v) is 3.91. The molecule has 0 saturated heterocycles. The topological polar surface area (TPSA) is 12.0 Å². The summed E-state index contributed by atoms with van der Waals surface area (Å²) < 4.78 is 0. The number of aryl methyl sites for hydroxylation is 2. The highest BCUT2D eigenvalue weighted by Gasteiger charge is 2.06. The van der Waals surface area contributed by atoms with Crippen molar-refractivity contribution in [2.24, 2.45) is 0 Å². The molecular weight excluding hydrogens is 238 g/mol. The highest BCUT2D eigenvalue weighted by Crippen LogP contribution is 2.29. The number of thiophene rings is 1. The number of hydrogen-bond donors (Lipinski definition) is 1. The lowest BCUT2D eigenvalue weighted by Crippen LogP contribution is -2.14. The number of benzene rings is 1. The number of rotatable bonds is 5. The van der Waals surface area contributed by atoms with E-state index in [2.05, 4.69) is 55.7 Å². The van der Waals surface area contributed by atoms with E-state index in [4.69, 9.17) is 0 Å². The summed E-state index contributed by atoms with van der Waals surface area (Å²) in [6, 6.07) is 9.03. The van der Waals surface area contributed by atoms with Crippen LogP contribution in [0.1, 0.15) is 29.3 Å². The summed E-state index contributed by atoms with van der Waals surface area (Å²) in [5.41, 5.74) is 5.46. The average Bonchev–Trinajstić information content (AvgIpc) is 2.78. The molecule has 0 aliphatic rings. The Morgan fingerprint density at radius 3 is 2.67 bits per heavy atom. The Bertz CT molecular complexity index is 514. The van der Waals surface area contributed by atoms with E-state index >= 15 is 0 Å². The van der Waals surface area contributed by atoms with Gasteiger partial charge in [-0.2, -0.15) is 0 Å². The fraction of sp³-hybridized carbons (Fsp3) is 0.375. The van der Waals surface area contributed by atoms with Gasteiger partial charge in [0.2, 0.25) is 0 Å². The molecule has 96 valence electrons. The van der Waals surface area contributed by atoms with E-state index in [0.29, 0.717) is 0 Å². The van der Waals surface area contributed by atoms with E-state index in [1.807, 2.05) is 11.3 Å². The second kappa shape index (κ2) is 6.17. The van der Waals surface area contributed by atoms with Crippen LogP contribution in [0.3, 0.4) is 0 Å². The van der Waals surface area contributed by atoms with Gasteiger partial charge in [0.25, 0.3) is 0 Å². The van der Waals surface area contributed by atoms with Crippen LogP contribution in [-0.4, -0.2) is 6.54 Å². The fourth-order valence-electron chi connectivity index (χ4n) is 2.10. The van der Waals surface area contributed by atoms with Gasteiger partial charge in [-0.3, -0.25) is 0 Å². The maximum absolute atomic E-state index is 3.49. The monoisotopic (exact) mass is 259 g/mol. The van der Waals surface area contributed by atoms with Gasteiger partial charge in [0, 0.05) is 11.4 Å². The summed E-state index contributed by atoms with van der Waals surface area (Å²) >= 11 is 1.82. The Morgan fingerprint density at radius 1 is 1.17 bits per heavy atom. The second-order valence-corrected chi connectivity index (χ2v) is 5.90. The zero-order valence-electron chi connectivity index (χ0n) is 11.4. The van der Waals surface area contributed by atoms with Crippen molar-refractivity contribution in [3.63, 3.8) is 0 Å². The molecule has 0 aliphatic carbocycles. The van der Waals surface area contributed by atoms with Crippen molar-refractivity contribution in [3.8, 4) is 11.1 Å². The summed E-state index contributed by atoms with van der Waals surface area (Å²) in [4.78, 5) is 1.37. The molecule has 1 nitrogen and oxygen atoms in total. The lowest BCUT2D eigenvalue weighted by Gasteiger charge is -2.10. The van der Waals surface area contributed by atoms with E-state index < -0.39 is 0 Å². The van der Waals surface area contributed by atoms with Crippen LogP contribution < -0.4 is 5.32 Å². The molecule has 1 aromatic carbocycles. The van der Waals surface area contributed by atoms with Gasteiger partial charge in [-0.1, -0.05) is 30.7 Å². The minimum Gasteiger partial charge on any atom is -0.313 e. The largest absolute Gasteiger partial charge is 0.313 e. The van der Waals surface area contributed by atoms with Gasteiger partial charge in [-0.25, -0.2) is 0 Å². The highest BCUT2D eigenvalue weighted by molar-refractivity contribution is 7.10. The minimum absolute atomic E-state index is 0.957. The zero-order chi connectivity index (χ0) is 13.0. The molecule has 1 heterocycles. The van der Waals surface area contributed by atoms with Crippen LogP contribution in [0.4, 0.5) is 0 Å². The molecule has 0 aliphatic heterocycles. The van der Waals surface area contributed by atoms with E-state index in [-0.39, 0.29) is 0 Å². The Balaban J connectivity index is 2.29. The van der Waals surface area contributed by atoms with Crippen molar-refractivity contribution in [3.05, 3.63) is 45.6 Å². The van der Waals surface area contributed by atoms with Crippen molar-refractivity contribution in [2.45, 2.75) is 33.7 Å². The van der Waals surface area contributed by atoms with Crippen molar-refractivity contribution in [1.82, 2.24) is 5.32 Å². The molecule has 0 unspecified atom stereocenters. The van der Waals surface area contributed by atoms with Crippen LogP contribution in [0.2, 0.25) is 0 Å². The Labute approximate surface area is 114 Å². The smallest absolute Gasteiger partial charge is 0.0211 e. The molecule has 1 N–H and O–H groups in total. The normalized spacial score (nSPS) is 10.8. The molecule has 0 atom stereocenters. The molecule has 0 spiro atoms. The van der Waals surface area contributed by atoms with Crippen LogP contribution in [-0.2, 0) is 6.54 Å². The van der Waals surface area contributed by atoms with Gasteiger partial charge >= 0.3 is 0 Å². The van der Waals surface area contributed by atoms with Gasteiger partial charge < -0.3 is 5.32 Å². The minimum atomic E-state index is 0.957. The van der Waals surface area contributed by atoms with Crippen molar-refractivity contribution in [1.29, 1.82) is 0 Å². The molecule has 0 saturated carbocycles. The van der Waals surface area contributed by atoms with Gasteiger partial charge in [-0.05, 0) is 54.9 Å². The molecule has 2 aromatic rings. The lowest BCUT2D eigenvalue weighted by molar-refractivity contribution is 0.676. The second-order valence-electron chi connectivity index (χ2n) is 4.78. The quantitative estimate of drug-likeness (QED) is 0.778. The molecular formula is C16H21NS. The molecule has 0 amide bonds. The van der Waals surface area contributed by atoms with Crippen molar-refractivity contribution < 1.29 is 0 Å². The summed E-state index contributed by atoms with van der Waals surface area (Å²) in [6.07, 6.45) is 1.18. The van der Waals surface area contributed by atoms with E-state index in [1.165, 1.54) is 33.6 Å². The van der Waals surface area contributed by atoms with Gasteiger partial charge in [0.05, 0.1) is 0 Å². The van der Waals surface area contributed by atoms with E-state index in [0.717, 1.165) is 13.1 Å². The lowest BCUT2D eigenvalue weighted by atomic mass is 9.99. The summed E-state index contributed by atoms with van der Waals surface area (Å²) in [7, 11) is 0. The summed E-state index contributed by atoms with van der Waals surface area (Å²) in [6.45, 7) is 8.56. The van der Waals surface area contributed by atoms with Crippen LogP contribution in [0.5, 0.6) is 0 Å². The summed E-state index contributed by atoms with van der Waals surface area (Å²) in [5.74, 6) is 0. The molecule has 0 bridgehead atoms. The van der Waals surface area contributed by atoms with Crippen LogP contribution in [0, 0.1) is 13.8 Å². The average molecular weight is 259 g/mol. The SMILES string of the molecule is CCCNCc1ccc(C)cc1-c1csc(C)c1. The number of hydrogen-bond acceptors (Lipinski definition) is 2. The first kappa shape index (κ1) is 13.3. The van der Waals surface area contributed by atoms with Crippen molar-refractivity contribution in [2.75, 3.05) is 6.54 Å². The predicted octanol–water partition coefficient (Wildman–Crippen LogP) is 4.53. The third-order valence-electron chi connectivity index (χ3n) is 3.05. The first-order valence-electron chi connectivity index (χ1n) is 6.56. The van der Waals surface area contributed by atoms with E-state index in [9.17, 15) is 0 Å². The van der Waals surface area contributed by atoms with Crippen LogP contribution >= 0.6 is 11.3 Å². The number of nitrogens with one attached hydrogen (secondary N) is 1. The molecule has 0 fully saturated rings. The van der Waals surface area contributed by atoms with Crippen LogP contribution in [0.25, 0.3) is 11.1 Å². The van der Waals surface area contributed by atoms with Gasteiger partial charge in [0.1, 0.15) is 0 Å². The summed E-state index contributed by atoms with van der Waals surface area (Å²) in [5, 5.41) is 5.75. The molecule has 2 rings (SSSR count). The molecule has 2 heteroatoms. The molecule has 18 heavy (non-hydrogen) atoms. The van der Waals surface area contributed by atoms with Crippen LogP contribution in [0.15, 0.2) is 29.6 Å². The molecule has 0 radical (unpaired) electrons. The standard InChI is InChI=1S/C16H21NS/c1-4-7-17-10-14-6-5-12(2)8-16(14)15-9-13(3)18-11-15/h5-6,8-9,11,17H,4,7,10H2,1-3H3. The Kier molecular flexibility index (Phi) is 4.56. The maximum atomic E-state index is 3.49. The first-order chi connectivity index (χ1) is 8.70. The third kappa shape index (κ3) is 3.21. The first-order valence-corrected chi connectivity index (χ1v) is 7.44.